The molecule has 0 N–H and O–H groups in total. The number of imide groups is 1. The molecule has 126 valence electrons. The quantitative estimate of drug-likeness (QED) is 0.613. The molecule has 2 bridgehead atoms. The predicted molar refractivity (Wildman–Crippen MR) is 94.6 cm³/mol. The van der Waals surface area contributed by atoms with Crippen LogP contribution in [0.25, 0.3) is 10.9 Å². The van der Waals surface area contributed by atoms with E-state index in [1.54, 1.807) is 6.20 Å². The summed E-state index contributed by atoms with van der Waals surface area (Å²) in [6.45, 7) is 0.273. The van der Waals surface area contributed by atoms with Gasteiger partial charge in [0.05, 0.1) is 23.9 Å². The van der Waals surface area contributed by atoms with Gasteiger partial charge in [0, 0.05) is 16.6 Å². The lowest BCUT2D eigenvalue weighted by molar-refractivity contribution is -0.140. The van der Waals surface area contributed by atoms with Crippen molar-refractivity contribution in [1.82, 2.24) is 9.88 Å². The van der Waals surface area contributed by atoms with Crippen LogP contribution in [0.4, 0.5) is 0 Å². The molecule has 2 amide bonds. The van der Waals surface area contributed by atoms with E-state index in [0.29, 0.717) is 5.02 Å². The summed E-state index contributed by atoms with van der Waals surface area (Å²) < 4.78 is 0. The van der Waals surface area contributed by atoms with E-state index in [9.17, 15) is 9.59 Å². The molecule has 4 nitrogen and oxygen atoms in total. The van der Waals surface area contributed by atoms with Crippen molar-refractivity contribution in [3.05, 3.63) is 53.2 Å². The van der Waals surface area contributed by atoms with Crippen LogP contribution in [0.5, 0.6) is 0 Å². The summed E-state index contributed by atoms with van der Waals surface area (Å²) in [7, 11) is 0. The number of nitrogens with zero attached hydrogens (tertiary/aromatic N) is 2. The minimum absolute atomic E-state index is 0.0203. The SMILES string of the molecule is O=C1C2C3C=CC(CC3)C2C(=O)N1Cc1ccc(Cl)c2cccnc12. The number of rotatable bonds is 2. The standard InChI is InChI=1S/C20H17ClN2O2/c21-15-8-7-13(18-14(15)2-1-9-22-18)10-23-19(24)16-11-3-4-12(6-5-11)17(16)20(23)25/h1-4,7-9,11-12,16-17H,5-6,10H2. The van der Waals surface area contributed by atoms with Gasteiger partial charge in [0.1, 0.15) is 0 Å². The summed E-state index contributed by atoms with van der Waals surface area (Å²) in [4.78, 5) is 31.8. The van der Waals surface area contributed by atoms with Crippen molar-refractivity contribution in [2.75, 3.05) is 0 Å². The number of allylic oxidation sites excluding steroid dienone is 2. The average molecular weight is 353 g/mol. The molecule has 1 saturated carbocycles. The Morgan fingerprint density at radius 2 is 1.72 bits per heavy atom. The van der Waals surface area contributed by atoms with Crippen LogP contribution < -0.4 is 0 Å². The highest BCUT2D eigenvalue weighted by Gasteiger charge is 2.56. The van der Waals surface area contributed by atoms with Gasteiger partial charge in [-0.1, -0.05) is 29.8 Å². The fourth-order valence-corrected chi connectivity index (χ4v) is 5.00. The van der Waals surface area contributed by atoms with Gasteiger partial charge in [0.2, 0.25) is 11.8 Å². The number of benzene rings is 1. The topological polar surface area (TPSA) is 50.3 Å². The lowest BCUT2D eigenvalue weighted by Crippen LogP contribution is -2.38. The Balaban J connectivity index is 1.53. The van der Waals surface area contributed by atoms with Gasteiger partial charge in [-0.2, -0.15) is 0 Å². The second-order valence-electron chi connectivity index (χ2n) is 7.21. The molecule has 1 aromatic heterocycles. The largest absolute Gasteiger partial charge is 0.277 e. The van der Waals surface area contributed by atoms with Gasteiger partial charge in [0.25, 0.3) is 0 Å². The number of carbonyl (C=O) groups excluding carboxylic acids is 2. The normalized spacial score (nSPS) is 30.4. The molecular formula is C20H17ClN2O2. The first-order chi connectivity index (χ1) is 12.1. The molecule has 0 radical (unpaired) electrons. The molecule has 2 fully saturated rings. The zero-order valence-corrected chi connectivity index (χ0v) is 14.3. The minimum atomic E-state index is -0.164. The Bertz CT molecular complexity index is 906. The third-order valence-corrected chi connectivity index (χ3v) is 6.31. The van der Waals surface area contributed by atoms with Gasteiger partial charge in [0.15, 0.2) is 0 Å². The summed E-state index contributed by atoms with van der Waals surface area (Å²) in [5.74, 6) is 0.0692. The van der Waals surface area contributed by atoms with Crippen molar-refractivity contribution in [2.45, 2.75) is 19.4 Å². The van der Waals surface area contributed by atoms with Crippen LogP contribution in [-0.2, 0) is 16.1 Å². The summed E-state index contributed by atoms with van der Waals surface area (Å²) >= 11 is 6.25. The van der Waals surface area contributed by atoms with E-state index in [1.165, 1.54) is 4.90 Å². The first-order valence-electron chi connectivity index (χ1n) is 8.71. The Morgan fingerprint density at radius 1 is 1.04 bits per heavy atom. The number of carbonyl (C=O) groups is 2. The molecule has 1 aromatic carbocycles. The van der Waals surface area contributed by atoms with E-state index < -0.39 is 0 Å². The highest BCUT2D eigenvalue weighted by molar-refractivity contribution is 6.35. The highest BCUT2D eigenvalue weighted by atomic mass is 35.5. The van der Waals surface area contributed by atoms with Crippen LogP contribution >= 0.6 is 11.6 Å². The average Bonchev–Trinajstić information content (AvgIpc) is 2.92. The fraction of sp³-hybridized carbons (Fsp3) is 0.350. The van der Waals surface area contributed by atoms with Crippen LogP contribution in [-0.4, -0.2) is 21.7 Å². The van der Waals surface area contributed by atoms with Crippen molar-refractivity contribution in [3.8, 4) is 0 Å². The zero-order chi connectivity index (χ0) is 17.1. The Labute approximate surface area is 150 Å². The highest BCUT2D eigenvalue weighted by Crippen LogP contribution is 2.49. The Kier molecular flexibility index (Phi) is 3.26. The molecule has 1 saturated heterocycles. The fourth-order valence-electron chi connectivity index (χ4n) is 4.79. The van der Waals surface area contributed by atoms with Gasteiger partial charge in [-0.25, -0.2) is 0 Å². The number of pyridine rings is 1. The molecular weight excluding hydrogens is 336 g/mol. The van der Waals surface area contributed by atoms with E-state index in [4.69, 9.17) is 11.6 Å². The van der Waals surface area contributed by atoms with Gasteiger partial charge < -0.3 is 0 Å². The molecule has 0 spiro atoms. The lowest BCUT2D eigenvalue weighted by atomic mass is 9.63. The molecule has 1 aliphatic heterocycles. The second-order valence-corrected chi connectivity index (χ2v) is 7.62. The van der Waals surface area contributed by atoms with Gasteiger partial charge in [-0.15, -0.1) is 0 Å². The summed E-state index contributed by atoms with van der Waals surface area (Å²) in [6, 6.07) is 7.42. The maximum absolute atomic E-state index is 13.0. The molecule has 4 atom stereocenters. The van der Waals surface area contributed by atoms with Crippen molar-refractivity contribution >= 4 is 34.3 Å². The minimum Gasteiger partial charge on any atom is -0.277 e. The molecule has 2 heterocycles. The van der Waals surface area contributed by atoms with E-state index in [-0.39, 0.29) is 42.0 Å². The van der Waals surface area contributed by atoms with Gasteiger partial charge >= 0.3 is 0 Å². The first kappa shape index (κ1) is 15.1. The monoisotopic (exact) mass is 352 g/mol. The number of fused-ring (bicyclic) bond motifs is 2. The summed E-state index contributed by atoms with van der Waals surface area (Å²) in [5, 5.41) is 1.47. The second kappa shape index (κ2) is 5.40. The molecule has 2 aromatic rings. The first-order valence-corrected chi connectivity index (χ1v) is 9.08. The summed E-state index contributed by atoms with van der Waals surface area (Å²) in [6.07, 6.45) is 8.02. The molecule has 6 rings (SSSR count). The number of hydrogen-bond donors (Lipinski definition) is 0. The van der Waals surface area contributed by atoms with Crippen LogP contribution in [0.15, 0.2) is 42.6 Å². The molecule has 4 unspecified atom stereocenters. The predicted octanol–water partition coefficient (Wildman–Crippen LogP) is 3.59. The molecule has 25 heavy (non-hydrogen) atoms. The third kappa shape index (κ3) is 2.10. The smallest absolute Gasteiger partial charge is 0.234 e. The van der Waals surface area contributed by atoms with Crippen LogP contribution in [0, 0.1) is 23.7 Å². The van der Waals surface area contributed by atoms with Gasteiger partial charge in [-0.05, 0) is 48.4 Å². The summed E-state index contributed by atoms with van der Waals surface area (Å²) in [5.41, 5.74) is 1.62. The van der Waals surface area contributed by atoms with E-state index in [2.05, 4.69) is 17.1 Å². The molecule has 4 aliphatic rings. The van der Waals surface area contributed by atoms with Crippen molar-refractivity contribution in [2.24, 2.45) is 23.7 Å². The van der Waals surface area contributed by atoms with Crippen molar-refractivity contribution in [3.63, 3.8) is 0 Å². The Morgan fingerprint density at radius 3 is 2.36 bits per heavy atom. The van der Waals surface area contributed by atoms with Crippen LogP contribution in [0.1, 0.15) is 18.4 Å². The Hall–Kier alpha value is -2.20. The van der Waals surface area contributed by atoms with E-state index in [0.717, 1.165) is 29.3 Å². The number of hydrogen-bond acceptors (Lipinski definition) is 3. The maximum atomic E-state index is 13.0. The number of aromatic nitrogens is 1. The maximum Gasteiger partial charge on any atom is 0.234 e. The van der Waals surface area contributed by atoms with Crippen LogP contribution in [0.2, 0.25) is 5.02 Å². The number of amides is 2. The molecule has 3 aliphatic carbocycles. The van der Waals surface area contributed by atoms with Gasteiger partial charge in [-0.3, -0.25) is 19.5 Å². The number of likely N-dealkylation sites (tertiary alicyclic amines) is 1. The zero-order valence-electron chi connectivity index (χ0n) is 13.6. The van der Waals surface area contributed by atoms with Crippen molar-refractivity contribution < 1.29 is 9.59 Å². The number of halogens is 1. The third-order valence-electron chi connectivity index (χ3n) is 5.98. The van der Waals surface area contributed by atoms with E-state index >= 15 is 0 Å². The van der Waals surface area contributed by atoms with Crippen LogP contribution in [0.3, 0.4) is 0 Å². The van der Waals surface area contributed by atoms with E-state index in [1.807, 2.05) is 24.3 Å². The lowest BCUT2D eigenvalue weighted by Gasteiger charge is -2.38. The molecule has 5 heteroatoms. The van der Waals surface area contributed by atoms with Crippen molar-refractivity contribution in [1.29, 1.82) is 0 Å².